The van der Waals surface area contributed by atoms with E-state index in [0.29, 0.717) is 0 Å². The molecule has 0 aliphatic carbocycles. The smallest absolute Gasteiger partial charge is 0.125 e. The van der Waals surface area contributed by atoms with Gasteiger partial charge in [0.05, 0.1) is 0 Å². The normalized spacial score (nSPS) is 12.1. The van der Waals surface area contributed by atoms with Crippen LogP contribution in [-0.2, 0) is 6.42 Å². The first-order chi connectivity index (χ1) is 8.63. The number of anilines is 1. The van der Waals surface area contributed by atoms with Crippen molar-refractivity contribution in [3.8, 4) is 5.75 Å². The van der Waals surface area contributed by atoms with Crippen molar-refractivity contribution >= 4 is 5.69 Å². The number of hydrogen-bond acceptors (Lipinski definition) is 2. The number of halogens is 1. The molecule has 0 bridgehead atoms. The molecule has 3 heteroatoms. The fourth-order valence-corrected chi connectivity index (χ4v) is 1.90. The van der Waals surface area contributed by atoms with E-state index < -0.39 is 0 Å². The molecule has 2 aromatic rings. The summed E-state index contributed by atoms with van der Waals surface area (Å²) in [7, 11) is 0. The molecule has 0 aliphatic rings. The van der Waals surface area contributed by atoms with Gasteiger partial charge in [-0.15, -0.1) is 0 Å². The number of rotatable bonds is 4. The SMILES string of the molecule is CC(Cc1ccc(O)cc1)Nc1cccc(F)c1. The molecule has 0 fully saturated rings. The van der Waals surface area contributed by atoms with Crippen LogP contribution in [0.15, 0.2) is 48.5 Å². The Kier molecular flexibility index (Phi) is 3.82. The molecule has 0 radical (unpaired) electrons. The highest BCUT2D eigenvalue weighted by atomic mass is 19.1. The van der Waals surface area contributed by atoms with Gasteiger partial charge in [0.25, 0.3) is 0 Å². The highest BCUT2D eigenvalue weighted by Crippen LogP contribution is 2.14. The van der Waals surface area contributed by atoms with Gasteiger partial charge in [0.2, 0.25) is 0 Å². The lowest BCUT2D eigenvalue weighted by molar-refractivity contribution is 0.475. The Morgan fingerprint density at radius 1 is 1.17 bits per heavy atom. The zero-order valence-corrected chi connectivity index (χ0v) is 10.2. The van der Waals surface area contributed by atoms with E-state index in [4.69, 9.17) is 0 Å². The van der Waals surface area contributed by atoms with Gasteiger partial charge >= 0.3 is 0 Å². The third-order valence-corrected chi connectivity index (χ3v) is 2.72. The van der Waals surface area contributed by atoms with E-state index in [-0.39, 0.29) is 17.6 Å². The van der Waals surface area contributed by atoms with Crippen LogP contribution < -0.4 is 5.32 Å². The average molecular weight is 245 g/mol. The topological polar surface area (TPSA) is 32.3 Å². The molecular formula is C15H16FNO. The third kappa shape index (κ3) is 3.48. The van der Waals surface area contributed by atoms with E-state index in [2.05, 4.69) is 5.32 Å². The van der Waals surface area contributed by atoms with Crippen LogP contribution in [0.5, 0.6) is 5.75 Å². The largest absolute Gasteiger partial charge is 0.508 e. The summed E-state index contributed by atoms with van der Waals surface area (Å²) in [4.78, 5) is 0. The number of hydrogen-bond donors (Lipinski definition) is 2. The maximum Gasteiger partial charge on any atom is 0.125 e. The van der Waals surface area contributed by atoms with Crippen molar-refractivity contribution in [2.45, 2.75) is 19.4 Å². The van der Waals surface area contributed by atoms with Gasteiger partial charge in [-0.3, -0.25) is 0 Å². The Balaban J connectivity index is 1.96. The summed E-state index contributed by atoms with van der Waals surface area (Å²) in [5, 5.41) is 12.4. The highest BCUT2D eigenvalue weighted by Gasteiger charge is 2.04. The van der Waals surface area contributed by atoms with Crippen LogP contribution in [-0.4, -0.2) is 11.1 Å². The predicted molar refractivity (Wildman–Crippen MR) is 71.3 cm³/mol. The third-order valence-electron chi connectivity index (χ3n) is 2.72. The van der Waals surface area contributed by atoms with Crippen LogP contribution in [0, 0.1) is 5.82 Å². The zero-order valence-electron chi connectivity index (χ0n) is 10.2. The second kappa shape index (κ2) is 5.54. The fraction of sp³-hybridized carbons (Fsp3) is 0.200. The molecule has 2 rings (SSSR count). The number of phenolic OH excluding ortho intramolecular Hbond substituents is 1. The van der Waals surface area contributed by atoms with Crippen molar-refractivity contribution in [2.24, 2.45) is 0 Å². The summed E-state index contributed by atoms with van der Waals surface area (Å²) >= 11 is 0. The van der Waals surface area contributed by atoms with E-state index in [1.165, 1.54) is 12.1 Å². The molecule has 2 nitrogen and oxygen atoms in total. The van der Waals surface area contributed by atoms with Crippen LogP contribution >= 0.6 is 0 Å². The lowest BCUT2D eigenvalue weighted by Gasteiger charge is -2.15. The van der Waals surface area contributed by atoms with Crippen LogP contribution in [0.25, 0.3) is 0 Å². The summed E-state index contributed by atoms with van der Waals surface area (Å²) in [6.45, 7) is 2.04. The van der Waals surface area contributed by atoms with Gasteiger partial charge in [-0.05, 0) is 49.2 Å². The predicted octanol–water partition coefficient (Wildman–Crippen LogP) is 3.57. The molecule has 18 heavy (non-hydrogen) atoms. The number of benzene rings is 2. The first-order valence-corrected chi connectivity index (χ1v) is 5.93. The maximum atomic E-state index is 13.0. The molecule has 0 aromatic heterocycles. The van der Waals surface area contributed by atoms with Crippen LogP contribution in [0.4, 0.5) is 10.1 Å². The summed E-state index contributed by atoms with van der Waals surface area (Å²) in [5.74, 6) is 0.0290. The first-order valence-electron chi connectivity index (χ1n) is 5.93. The Hall–Kier alpha value is -2.03. The van der Waals surface area contributed by atoms with Crippen molar-refractivity contribution in [3.05, 3.63) is 59.9 Å². The van der Waals surface area contributed by atoms with E-state index in [9.17, 15) is 9.50 Å². The van der Waals surface area contributed by atoms with Crippen molar-refractivity contribution < 1.29 is 9.50 Å². The molecule has 0 spiro atoms. The molecule has 0 aliphatic heterocycles. The van der Waals surface area contributed by atoms with Crippen LogP contribution in [0.3, 0.4) is 0 Å². The molecule has 0 saturated heterocycles. The molecule has 1 unspecified atom stereocenters. The first kappa shape index (κ1) is 12.4. The summed E-state index contributed by atoms with van der Waals surface area (Å²) in [6.07, 6.45) is 0.816. The van der Waals surface area contributed by atoms with Gasteiger partial charge in [0, 0.05) is 11.7 Å². The van der Waals surface area contributed by atoms with Crippen LogP contribution in [0.2, 0.25) is 0 Å². The Morgan fingerprint density at radius 2 is 1.89 bits per heavy atom. The van der Waals surface area contributed by atoms with Gasteiger partial charge in [-0.2, -0.15) is 0 Å². The van der Waals surface area contributed by atoms with Gasteiger partial charge in [0.1, 0.15) is 11.6 Å². The Morgan fingerprint density at radius 3 is 2.56 bits per heavy atom. The van der Waals surface area contributed by atoms with E-state index in [0.717, 1.165) is 17.7 Å². The summed E-state index contributed by atoms with van der Waals surface area (Å²) in [6, 6.07) is 13.7. The van der Waals surface area contributed by atoms with Crippen molar-refractivity contribution in [2.75, 3.05) is 5.32 Å². The average Bonchev–Trinajstić information content (AvgIpc) is 2.32. The van der Waals surface area contributed by atoms with Gasteiger partial charge in [0.15, 0.2) is 0 Å². The van der Waals surface area contributed by atoms with E-state index in [1.807, 2.05) is 25.1 Å². The lowest BCUT2D eigenvalue weighted by Crippen LogP contribution is -2.18. The highest BCUT2D eigenvalue weighted by molar-refractivity contribution is 5.44. The molecule has 0 amide bonds. The molecule has 1 atom stereocenters. The minimum atomic E-state index is -0.239. The molecular weight excluding hydrogens is 229 g/mol. The number of aromatic hydroxyl groups is 1. The molecule has 2 N–H and O–H groups in total. The van der Waals surface area contributed by atoms with Crippen LogP contribution in [0.1, 0.15) is 12.5 Å². The van der Waals surface area contributed by atoms with Gasteiger partial charge in [-0.1, -0.05) is 18.2 Å². The molecule has 2 aromatic carbocycles. The Labute approximate surface area is 106 Å². The van der Waals surface area contributed by atoms with Crippen molar-refractivity contribution in [1.82, 2.24) is 0 Å². The standard InChI is InChI=1S/C15H16FNO/c1-11(9-12-5-7-15(18)8-6-12)17-14-4-2-3-13(16)10-14/h2-8,10-11,17-18H,9H2,1H3. The second-order valence-electron chi connectivity index (χ2n) is 4.43. The molecule has 0 heterocycles. The number of nitrogens with one attached hydrogen (secondary N) is 1. The fourth-order valence-electron chi connectivity index (χ4n) is 1.90. The van der Waals surface area contributed by atoms with Gasteiger partial charge in [-0.25, -0.2) is 4.39 Å². The minimum absolute atomic E-state index is 0.191. The Bertz CT molecular complexity index is 510. The lowest BCUT2D eigenvalue weighted by atomic mass is 10.1. The van der Waals surface area contributed by atoms with Gasteiger partial charge < -0.3 is 10.4 Å². The number of phenols is 1. The monoisotopic (exact) mass is 245 g/mol. The molecule has 94 valence electrons. The van der Waals surface area contributed by atoms with Crippen molar-refractivity contribution in [1.29, 1.82) is 0 Å². The minimum Gasteiger partial charge on any atom is -0.508 e. The molecule has 0 saturated carbocycles. The summed E-state index contributed by atoms with van der Waals surface area (Å²) in [5.41, 5.74) is 1.91. The van der Waals surface area contributed by atoms with E-state index in [1.54, 1.807) is 18.2 Å². The summed E-state index contributed by atoms with van der Waals surface area (Å²) < 4.78 is 13.0. The van der Waals surface area contributed by atoms with Crippen molar-refractivity contribution in [3.63, 3.8) is 0 Å². The van der Waals surface area contributed by atoms with E-state index >= 15 is 0 Å². The second-order valence-corrected chi connectivity index (χ2v) is 4.43. The maximum absolute atomic E-state index is 13.0. The quantitative estimate of drug-likeness (QED) is 0.863. The zero-order chi connectivity index (χ0) is 13.0.